The quantitative estimate of drug-likeness (QED) is 0.846. The van der Waals surface area contributed by atoms with Crippen molar-refractivity contribution in [2.45, 2.75) is 43.3 Å². The smallest absolute Gasteiger partial charge is 0.188 e. The standard InChI is InChI=1S/C14H16ClN3O2S2/c1-8(2)22(19,20)9-6-12(15)17-13(7-9)18-14-16-10-4-3-5-11(10)21-14/h6-8H,3-5H2,1-2H3,(H,16,17,18). The first-order valence-electron chi connectivity index (χ1n) is 7.03. The number of sulfone groups is 1. The molecule has 1 aliphatic carbocycles. The molecule has 1 N–H and O–H groups in total. The van der Waals surface area contributed by atoms with Crippen molar-refractivity contribution in [2.24, 2.45) is 0 Å². The molecule has 2 heterocycles. The highest BCUT2D eigenvalue weighted by Crippen LogP contribution is 2.32. The summed E-state index contributed by atoms with van der Waals surface area (Å²) in [7, 11) is -3.39. The third-order valence-corrected chi connectivity index (χ3v) is 6.95. The Morgan fingerprint density at radius 2 is 2.05 bits per heavy atom. The molecule has 0 bridgehead atoms. The van der Waals surface area contributed by atoms with Gasteiger partial charge in [-0.05, 0) is 45.2 Å². The summed E-state index contributed by atoms with van der Waals surface area (Å²) in [5.74, 6) is 0.402. The van der Waals surface area contributed by atoms with E-state index in [1.165, 1.54) is 17.0 Å². The SMILES string of the molecule is CC(C)S(=O)(=O)c1cc(Cl)nc(Nc2nc3c(s2)CCC3)c1. The number of aromatic nitrogens is 2. The molecule has 0 spiro atoms. The number of fused-ring (bicyclic) bond motifs is 1. The second kappa shape index (κ2) is 5.79. The van der Waals surface area contributed by atoms with Gasteiger partial charge in [-0.25, -0.2) is 18.4 Å². The van der Waals surface area contributed by atoms with Crippen LogP contribution in [0.2, 0.25) is 5.15 Å². The maximum absolute atomic E-state index is 12.3. The number of aryl methyl sites for hydroxylation is 2. The van der Waals surface area contributed by atoms with Gasteiger partial charge in [0.1, 0.15) is 11.0 Å². The molecule has 0 saturated heterocycles. The van der Waals surface area contributed by atoms with E-state index >= 15 is 0 Å². The van der Waals surface area contributed by atoms with Gasteiger partial charge in [0, 0.05) is 4.88 Å². The number of halogens is 1. The van der Waals surface area contributed by atoms with Gasteiger partial charge >= 0.3 is 0 Å². The van der Waals surface area contributed by atoms with E-state index in [1.54, 1.807) is 25.2 Å². The monoisotopic (exact) mass is 357 g/mol. The maximum atomic E-state index is 12.3. The van der Waals surface area contributed by atoms with Crippen LogP contribution in [0.3, 0.4) is 0 Å². The van der Waals surface area contributed by atoms with Gasteiger partial charge in [0.15, 0.2) is 15.0 Å². The van der Waals surface area contributed by atoms with Crippen LogP contribution in [0.1, 0.15) is 30.8 Å². The number of hydrogen-bond donors (Lipinski definition) is 1. The van der Waals surface area contributed by atoms with E-state index in [-0.39, 0.29) is 10.0 Å². The van der Waals surface area contributed by atoms with E-state index in [0.717, 1.165) is 30.1 Å². The second-order valence-corrected chi connectivity index (χ2v) is 9.45. The first-order chi connectivity index (χ1) is 10.4. The summed E-state index contributed by atoms with van der Waals surface area (Å²) in [5.41, 5.74) is 1.13. The Labute approximate surface area is 138 Å². The largest absolute Gasteiger partial charge is 0.316 e. The highest BCUT2D eigenvalue weighted by atomic mass is 35.5. The summed E-state index contributed by atoms with van der Waals surface area (Å²) >= 11 is 7.56. The molecule has 0 fully saturated rings. The van der Waals surface area contributed by atoms with Crippen LogP contribution >= 0.6 is 22.9 Å². The normalized spacial score (nSPS) is 14.4. The van der Waals surface area contributed by atoms with Crippen LogP contribution in [-0.4, -0.2) is 23.6 Å². The van der Waals surface area contributed by atoms with Gasteiger partial charge in [0.05, 0.1) is 15.8 Å². The number of nitrogens with zero attached hydrogens (tertiary/aromatic N) is 2. The van der Waals surface area contributed by atoms with Crippen LogP contribution in [0.15, 0.2) is 17.0 Å². The van der Waals surface area contributed by atoms with E-state index < -0.39 is 15.1 Å². The first-order valence-corrected chi connectivity index (χ1v) is 9.77. The van der Waals surface area contributed by atoms with Crippen molar-refractivity contribution in [3.05, 3.63) is 27.9 Å². The molecule has 0 amide bonds. The van der Waals surface area contributed by atoms with Gasteiger partial charge in [-0.15, -0.1) is 11.3 Å². The Balaban J connectivity index is 1.92. The Bertz CT molecular complexity index is 794. The molecule has 0 aliphatic heterocycles. The number of anilines is 2. The van der Waals surface area contributed by atoms with Crippen molar-refractivity contribution in [1.82, 2.24) is 9.97 Å². The second-order valence-electron chi connectivity index (χ2n) is 5.47. The van der Waals surface area contributed by atoms with Gasteiger partial charge in [0.25, 0.3) is 0 Å². The molecular weight excluding hydrogens is 342 g/mol. The van der Waals surface area contributed by atoms with Crippen molar-refractivity contribution >= 4 is 43.7 Å². The number of pyridine rings is 1. The predicted octanol–water partition coefficient (Wildman–Crippen LogP) is 3.61. The molecule has 5 nitrogen and oxygen atoms in total. The van der Waals surface area contributed by atoms with Gasteiger partial charge in [0.2, 0.25) is 0 Å². The van der Waals surface area contributed by atoms with E-state index in [1.807, 2.05) is 0 Å². The van der Waals surface area contributed by atoms with Gasteiger partial charge in [-0.2, -0.15) is 0 Å². The fourth-order valence-corrected chi connectivity index (χ4v) is 4.75. The third kappa shape index (κ3) is 2.98. The number of hydrogen-bond acceptors (Lipinski definition) is 6. The Hall–Kier alpha value is -1.18. The average molecular weight is 358 g/mol. The van der Waals surface area contributed by atoms with Gasteiger partial charge < -0.3 is 5.32 Å². The minimum absolute atomic E-state index is 0.147. The van der Waals surface area contributed by atoms with Crippen LogP contribution in [0.4, 0.5) is 10.9 Å². The lowest BCUT2D eigenvalue weighted by molar-refractivity contribution is 0.587. The van der Waals surface area contributed by atoms with Crippen molar-refractivity contribution in [2.75, 3.05) is 5.32 Å². The molecule has 0 unspecified atom stereocenters. The highest BCUT2D eigenvalue weighted by Gasteiger charge is 2.22. The van der Waals surface area contributed by atoms with E-state index in [9.17, 15) is 8.42 Å². The molecule has 2 aromatic heterocycles. The summed E-state index contributed by atoms with van der Waals surface area (Å²) in [5, 5.41) is 3.44. The van der Waals surface area contributed by atoms with Crippen molar-refractivity contribution in [1.29, 1.82) is 0 Å². The van der Waals surface area contributed by atoms with E-state index in [0.29, 0.717) is 5.82 Å². The fourth-order valence-electron chi connectivity index (χ4n) is 2.33. The molecule has 8 heteroatoms. The zero-order valence-electron chi connectivity index (χ0n) is 12.3. The number of rotatable bonds is 4. The summed E-state index contributed by atoms with van der Waals surface area (Å²) < 4.78 is 24.6. The summed E-state index contributed by atoms with van der Waals surface area (Å²) in [6.45, 7) is 3.28. The zero-order chi connectivity index (χ0) is 15.9. The van der Waals surface area contributed by atoms with Crippen LogP contribution < -0.4 is 5.32 Å². The molecule has 0 radical (unpaired) electrons. The topological polar surface area (TPSA) is 72.0 Å². The fraction of sp³-hybridized carbons (Fsp3) is 0.429. The maximum Gasteiger partial charge on any atom is 0.188 e. The third-order valence-electron chi connectivity index (χ3n) is 3.55. The molecule has 118 valence electrons. The van der Waals surface area contributed by atoms with Crippen LogP contribution in [0, 0.1) is 0 Å². The van der Waals surface area contributed by atoms with Crippen LogP contribution in [0.25, 0.3) is 0 Å². The first kappa shape index (κ1) is 15.7. The molecule has 3 rings (SSSR count). The lowest BCUT2D eigenvalue weighted by Gasteiger charge is -2.10. The lowest BCUT2D eigenvalue weighted by atomic mass is 10.4. The van der Waals surface area contributed by atoms with E-state index in [4.69, 9.17) is 11.6 Å². The van der Waals surface area contributed by atoms with Gasteiger partial charge in [-0.3, -0.25) is 0 Å². The Morgan fingerprint density at radius 1 is 1.27 bits per heavy atom. The summed E-state index contributed by atoms with van der Waals surface area (Å²) in [4.78, 5) is 10.1. The summed E-state index contributed by atoms with van der Waals surface area (Å²) in [6, 6.07) is 2.89. The molecule has 22 heavy (non-hydrogen) atoms. The Morgan fingerprint density at radius 3 is 2.73 bits per heavy atom. The zero-order valence-corrected chi connectivity index (χ0v) is 14.6. The van der Waals surface area contributed by atoms with Crippen molar-refractivity contribution < 1.29 is 8.42 Å². The minimum atomic E-state index is -3.39. The molecule has 0 saturated carbocycles. The minimum Gasteiger partial charge on any atom is -0.316 e. The van der Waals surface area contributed by atoms with E-state index in [2.05, 4.69) is 15.3 Å². The predicted molar refractivity (Wildman–Crippen MR) is 89.0 cm³/mol. The summed E-state index contributed by atoms with van der Waals surface area (Å²) in [6.07, 6.45) is 3.22. The molecule has 1 aliphatic rings. The number of thiazole rings is 1. The molecule has 0 aromatic carbocycles. The lowest BCUT2D eigenvalue weighted by Crippen LogP contribution is -2.14. The number of nitrogens with one attached hydrogen (secondary N) is 1. The Kier molecular flexibility index (Phi) is 4.13. The van der Waals surface area contributed by atoms with Crippen molar-refractivity contribution in [3.63, 3.8) is 0 Å². The van der Waals surface area contributed by atoms with Crippen molar-refractivity contribution in [3.8, 4) is 0 Å². The molecular formula is C14H16ClN3O2S2. The van der Waals surface area contributed by atoms with Crippen LogP contribution in [-0.2, 0) is 22.7 Å². The molecule has 2 aromatic rings. The van der Waals surface area contributed by atoms with Crippen LogP contribution in [0.5, 0.6) is 0 Å². The molecule has 0 atom stereocenters. The van der Waals surface area contributed by atoms with Gasteiger partial charge in [-0.1, -0.05) is 11.6 Å². The average Bonchev–Trinajstić information content (AvgIpc) is 2.98. The highest BCUT2D eigenvalue weighted by molar-refractivity contribution is 7.92.